The number of hydrogen-bond acceptors (Lipinski definition) is 13. The zero-order chi connectivity index (χ0) is 54.7. The molecule has 4 aliphatic heterocycles. The molecule has 5 amide bonds. The lowest BCUT2D eigenvalue weighted by Crippen LogP contribution is -2.46. The van der Waals surface area contributed by atoms with Crippen LogP contribution in [-0.2, 0) is 9.47 Å². The van der Waals surface area contributed by atoms with Crippen LogP contribution in [0.15, 0.2) is 79.0 Å². The molecular formula is C60H78N12O7. The summed E-state index contributed by atoms with van der Waals surface area (Å²) < 4.78 is 13.4. The number of benzene rings is 3. The van der Waals surface area contributed by atoms with Crippen LogP contribution in [0.1, 0.15) is 135 Å². The maximum absolute atomic E-state index is 14.2. The van der Waals surface area contributed by atoms with Crippen molar-refractivity contribution < 1.29 is 33.4 Å². The predicted octanol–water partition coefficient (Wildman–Crippen LogP) is 7.33. The van der Waals surface area contributed by atoms with E-state index in [1.54, 1.807) is 73.7 Å². The molecule has 19 nitrogen and oxygen atoms in total. The summed E-state index contributed by atoms with van der Waals surface area (Å²) in [7, 11) is 3.51. The molecule has 4 N–H and O–H groups in total. The van der Waals surface area contributed by atoms with E-state index in [4.69, 9.17) is 14.5 Å². The molecule has 10 rings (SSSR count). The van der Waals surface area contributed by atoms with Crippen LogP contribution in [0.4, 0.5) is 23.0 Å². The second-order valence-corrected chi connectivity index (χ2v) is 21.9. The van der Waals surface area contributed by atoms with Gasteiger partial charge in [-0.05, 0) is 163 Å². The largest absolute Gasteiger partial charge is 0.377 e. The second-order valence-electron chi connectivity index (χ2n) is 21.9. The number of ether oxygens (including phenoxy) is 2. The fourth-order valence-electron chi connectivity index (χ4n) is 12.1. The molecule has 6 heterocycles. The Balaban J connectivity index is 0.640. The Bertz CT molecular complexity index is 2900. The molecule has 5 aliphatic rings. The number of amides is 5. The van der Waals surface area contributed by atoms with Gasteiger partial charge in [-0.1, -0.05) is 12.8 Å². The minimum Gasteiger partial charge on any atom is -0.377 e. The number of hydrogen-bond donors (Lipinski definition) is 4. The molecule has 1 aliphatic carbocycles. The van der Waals surface area contributed by atoms with Crippen molar-refractivity contribution in [2.24, 2.45) is 0 Å². The summed E-state index contributed by atoms with van der Waals surface area (Å²) in [4.78, 5) is 87.3. The molecule has 0 atom stereocenters. The fraction of sp³-hybridized carbons (Fsp3) is 0.517. The summed E-state index contributed by atoms with van der Waals surface area (Å²) in [5.41, 5.74) is 5.40. The van der Waals surface area contributed by atoms with Crippen molar-refractivity contribution >= 4 is 63.6 Å². The summed E-state index contributed by atoms with van der Waals surface area (Å²) in [6.45, 7) is 9.31. The zero-order valence-corrected chi connectivity index (χ0v) is 46.1. The first-order valence-corrected chi connectivity index (χ1v) is 28.8. The van der Waals surface area contributed by atoms with Gasteiger partial charge in [-0.3, -0.25) is 24.0 Å². The fourth-order valence-corrected chi connectivity index (χ4v) is 12.1. The highest BCUT2D eigenvalue weighted by atomic mass is 16.5. The summed E-state index contributed by atoms with van der Waals surface area (Å²) in [6.07, 6.45) is 14.9. The Morgan fingerprint density at radius 3 is 1.59 bits per heavy atom. The van der Waals surface area contributed by atoms with Gasteiger partial charge in [0.1, 0.15) is 11.3 Å². The van der Waals surface area contributed by atoms with Gasteiger partial charge in [-0.15, -0.1) is 0 Å². The van der Waals surface area contributed by atoms with Crippen molar-refractivity contribution in [3.63, 3.8) is 0 Å². The van der Waals surface area contributed by atoms with E-state index < -0.39 is 0 Å². The van der Waals surface area contributed by atoms with E-state index in [-0.39, 0.29) is 35.6 Å². The summed E-state index contributed by atoms with van der Waals surface area (Å²) in [6, 6.07) is 22.8. The van der Waals surface area contributed by atoms with E-state index in [9.17, 15) is 24.0 Å². The summed E-state index contributed by atoms with van der Waals surface area (Å²) >= 11 is 0. The lowest BCUT2D eigenvalue weighted by Gasteiger charge is -2.37. The molecule has 0 unspecified atom stereocenters. The molecule has 4 saturated heterocycles. The first-order valence-electron chi connectivity index (χ1n) is 28.8. The molecule has 19 heteroatoms. The Kier molecular flexibility index (Phi) is 18.5. The van der Waals surface area contributed by atoms with Crippen LogP contribution < -0.4 is 21.3 Å². The third-order valence-electron chi connectivity index (χ3n) is 16.5. The average Bonchev–Trinajstić information content (AvgIpc) is 4.39. The summed E-state index contributed by atoms with van der Waals surface area (Å²) in [5, 5.41) is 13.3. The van der Waals surface area contributed by atoms with E-state index in [0.29, 0.717) is 110 Å². The lowest BCUT2D eigenvalue weighted by molar-refractivity contribution is 0.0486. The van der Waals surface area contributed by atoms with Gasteiger partial charge in [0.05, 0.1) is 37.7 Å². The molecule has 1 saturated carbocycles. The molecule has 3 aromatic carbocycles. The molecule has 2 aromatic heterocycles. The van der Waals surface area contributed by atoms with Gasteiger partial charge in [0.15, 0.2) is 0 Å². The number of anilines is 4. The highest BCUT2D eigenvalue weighted by Crippen LogP contribution is 2.35. The van der Waals surface area contributed by atoms with Gasteiger partial charge in [0.25, 0.3) is 29.5 Å². The van der Waals surface area contributed by atoms with Crippen LogP contribution in [0.3, 0.4) is 0 Å². The lowest BCUT2D eigenvalue weighted by atomic mass is 10.00. The van der Waals surface area contributed by atoms with E-state index in [1.165, 1.54) is 25.7 Å². The maximum Gasteiger partial charge on any atom is 0.270 e. The molecule has 5 fully saturated rings. The second kappa shape index (κ2) is 26.4. The summed E-state index contributed by atoms with van der Waals surface area (Å²) in [5.74, 6) is -0.185. The van der Waals surface area contributed by atoms with Gasteiger partial charge in [-0.2, -0.15) is 4.98 Å². The molecule has 0 bridgehead atoms. The van der Waals surface area contributed by atoms with Crippen LogP contribution in [0, 0.1) is 0 Å². The maximum atomic E-state index is 14.2. The highest BCUT2D eigenvalue weighted by Gasteiger charge is 2.32. The number of likely N-dealkylation sites (tertiary alicyclic amines) is 4. The molecule has 420 valence electrons. The van der Waals surface area contributed by atoms with Crippen LogP contribution in [-0.4, -0.2) is 187 Å². The molecular weight excluding hydrogens is 1000 g/mol. The van der Waals surface area contributed by atoms with Crippen LogP contribution in [0.2, 0.25) is 0 Å². The first kappa shape index (κ1) is 55.4. The standard InChI is InChI=1S/C60H78N12O7/c1-67(2)59(77)53-40-45-41-63-60(66-54(45)72(53)50-9-3-4-10-50)65-47-18-13-43(14-19-47)56(74)62-26-36-79-38-37-78-35-25-61-55(73)42-11-16-46(17-12-42)64-52-39-44(57(75)70-31-21-48(22-32-70)68-27-5-6-28-68)15-20-51(52)58(76)71-33-23-49(24-34-71)69-29-7-8-30-69/h11-20,39-41,48-50,64H,3-10,21-38H2,1-2H3,(H,61,73)(H,62,74)(H,63,65,66). The van der Waals surface area contributed by atoms with Gasteiger partial charge in [0, 0.05) is 111 Å². The quantitative estimate of drug-likeness (QED) is 0.0534. The molecule has 0 spiro atoms. The van der Waals surface area contributed by atoms with Gasteiger partial charge in [0.2, 0.25) is 5.95 Å². The van der Waals surface area contributed by atoms with Crippen molar-refractivity contribution in [3.8, 4) is 0 Å². The van der Waals surface area contributed by atoms with Crippen molar-refractivity contribution in [1.82, 2.24) is 49.7 Å². The van der Waals surface area contributed by atoms with Crippen molar-refractivity contribution in [2.45, 2.75) is 95.2 Å². The number of nitrogens with one attached hydrogen (secondary N) is 4. The third-order valence-corrected chi connectivity index (χ3v) is 16.5. The zero-order valence-electron chi connectivity index (χ0n) is 46.1. The first-order chi connectivity index (χ1) is 38.6. The molecule has 79 heavy (non-hydrogen) atoms. The minimum atomic E-state index is -0.243. The van der Waals surface area contributed by atoms with Crippen LogP contribution in [0.25, 0.3) is 11.0 Å². The Morgan fingerprint density at radius 1 is 0.557 bits per heavy atom. The monoisotopic (exact) mass is 1080 g/mol. The Labute approximate surface area is 463 Å². The number of carbonyl (C=O) groups is 5. The van der Waals surface area contributed by atoms with E-state index in [2.05, 4.69) is 40.6 Å². The predicted molar refractivity (Wildman–Crippen MR) is 305 cm³/mol. The van der Waals surface area contributed by atoms with Crippen LogP contribution >= 0.6 is 0 Å². The van der Waals surface area contributed by atoms with Crippen molar-refractivity contribution in [2.75, 3.05) is 117 Å². The highest BCUT2D eigenvalue weighted by molar-refractivity contribution is 6.04. The number of aromatic nitrogens is 3. The molecule has 5 aromatic rings. The topological polar surface area (TPSA) is 199 Å². The Hall–Kier alpha value is -6.93. The van der Waals surface area contributed by atoms with E-state index in [1.807, 2.05) is 34.1 Å². The molecule has 0 radical (unpaired) electrons. The minimum absolute atomic E-state index is 0.0180. The number of rotatable bonds is 21. The number of nitrogens with zero attached hydrogens (tertiary/aromatic N) is 8. The average molecular weight is 1080 g/mol. The normalized spacial score (nSPS) is 17.8. The smallest absolute Gasteiger partial charge is 0.270 e. The third kappa shape index (κ3) is 13.7. The van der Waals surface area contributed by atoms with Gasteiger partial charge in [-0.25, -0.2) is 4.98 Å². The van der Waals surface area contributed by atoms with Crippen molar-refractivity contribution in [3.05, 3.63) is 107 Å². The Morgan fingerprint density at radius 2 is 1.06 bits per heavy atom. The SMILES string of the molecule is CN(C)C(=O)c1cc2cnc(Nc3ccc(C(=O)NCCOCCOCCNC(=O)c4ccc(Nc5cc(C(=O)N6CCC(N7CCCC7)CC6)ccc5C(=O)N5CCC(N6CCCC6)CC5)cc4)cc3)nc2n1C1CCCC1. The van der Waals surface area contributed by atoms with E-state index in [0.717, 1.165) is 107 Å². The van der Waals surface area contributed by atoms with Gasteiger partial charge >= 0.3 is 0 Å². The van der Waals surface area contributed by atoms with Gasteiger partial charge < -0.3 is 59.8 Å². The van der Waals surface area contributed by atoms with Crippen LogP contribution in [0.5, 0.6) is 0 Å². The van der Waals surface area contributed by atoms with Crippen molar-refractivity contribution in [1.29, 1.82) is 0 Å². The van der Waals surface area contributed by atoms with E-state index >= 15 is 0 Å². The number of piperidine rings is 2. The number of fused-ring (bicyclic) bond motifs is 1. The number of carbonyl (C=O) groups excluding carboxylic acids is 5.